The molecule has 15 nitrogen and oxygen atoms in total. The average molecular weight is 820 g/mol. The molecule has 3 aromatic rings. The highest BCUT2D eigenvalue weighted by Crippen LogP contribution is 2.49. The number of carbonyl (C=O) groups is 4. The van der Waals surface area contributed by atoms with Crippen LogP contribution in [0.5, 0.6) is 5.75 Å². The molecule has 4 N–H and O–H groups in total. The number of rotatable bonds is 6. The summed E-state index contributed by atoms with van der Waals surface area (Å²) in [6.45, 7) is 6.92. The Hall–Kier alpha value is -5.22. The second kappa shape index (κ2) is 16.6. The molecular weight excluding hydrogens is 770 g/mol. The molecule has 4 heterocycles. The first kappa shape index (κ1) is 42.4. The van der Waals surface area contributed by atoms with E-state index < -0.39 is 71.6 Å². The van der Waals surface area contributed by atoms with Gasteiger partial charge in [-0.1, -0.05) is 48.4 Å². The Kier molecular flexibility index (Phi) is 12.1. The van der Waals surface area contributed by atoms with Crippen molar-refractivity contribution in [3.63, 3.8) is 0 Å². The van der Waals surface area contributed by atoms with E-state index >= 15 is 0 Å². The number of methoxy groups -OCH3 is 2. The molecule has 3 amide bonds. The van der Waals surface area contributed by atoms with Gasteiger partial charge < -0.3 is 44.3 Å². The van der Waals surface area contributed by atoms with Crippen molar-refractivity contribution in [3.8, 4) is 5.75 Å². The minimum absolute atomic E-state index is 0.0717. The molecule has 8 atom stereocenters. The van der Waals surface area contributed by atoms with Crippen molar-refractivity contribution in [2.75, 3.05) is 38.9 Å². The molecule has 310 valence electrons. The van der Waals surface area contributed by atoms with Gasteiger partial charge in [-0.3, -0.25) is 14.9 Å². The number of anilines is 2. The van der Waals surface area contributed by atoms with Gasteiger partial charge in [0.1, 0.15) is 46.4 Å². The van der Waals surface area contributed by atoms with E-state index in [9.17, 15) is 24.3 Å². The van der Waals surface area contributed by atoms with Gasteiger partial charge in [-0.2, -0.15) is 0 Å². The number of nitrogens with one attached hydrogen (secondary N) is 1. The maximum Gasteiger partial charge on any atom is 0.409 e. The van der Waals surface area contributed by atoms with Gasteiger partial charge in [0, 0.05) is 44.6 Å². The molecule has 16 heteroatoms. The third kappa shape index (κ3) is 8.48. The van der Waals surface area contributed by atoms with Crippen LogP contribution in [-0.4, -0.2) is 109 Å². The van der Waals surface area contributed by atoms with Gasteiger partial charge in [0.2, 0.25) is 5.91 Å². The Morgan fingerprint density at radius 3 is 2.62 bits per heavy atom. The molecule has 3 aliphatic heterocycles. The number of esters is 1. The number of epoxide rings is 1. The highest BCUT2D eigenvalue weighted by molar-refractivity contribution is 6.35. The fourth-order valence-electron chi connectivity index (χ4n) is 7.62. The summed E-state index contributed by atoms with van der Waals surface area (Å²) in [6, 6.07) is 10.9. The van der Waals surface area contributed by atoms with Crippen LogP contribution in [-0.2, 0) is 35.0 Å². The highest BCUT2D eigenvalue weighted by atomic mass is 35.5. The number of halogens is 1. The summed E-state index contributed by atoms with van der Waals surface area (Å²) < 4.78 is 29.4. The molecule has 6 rings (SSSR count). The molecule has 0 spiro atoms. The number of hydrogen-bond acceptors (Lipinski definition) is 12. The van der Waals surface area contributed by atoms with E-state index in [-0.39, 0.29) is 23.6 Å². The van der Waals surface area contributed by atoms with E-state index in [1.807, 2.05) is 13.0 Å². The number of aromatic nitrogens is 1. The van der Waals surface area contributed by atoms with Crippen LogP contribution in [0.3, 0.4) is 0 Å². The largest absolute Gasteiger partial charge is 0.495 e. The van der Waals surface area contributed by atoms with Gasteiger partial charge in [-0.05, 0) is 69.2 Å². The molecule has 58 heavy (non-hydrogen) atoms. The molecule has 0 saturated carbocycles. The monoisotopic (exact) mass is 819 g/mol. The standard InChI is InChI=1S/C42H50ClN5O10/c1-22-10-9-11-33(55-8)42(53)21-32(56-40(52)46-42)23(2)37-41(4,58-37)34(20-35(49)48(6)30-17-25(16-22)18-31(54-7)36(30)43)57-39(51)24(3)47(5)38(50)29-14-12-26-19-27(44)13-15-28(26)45-29/h9-15,17-19,23-24,32-34,37,53H,16,20-21,44H2,1-8H3,(H,46,52)/b11-9+,22-10+/t23-,24+,32+,33-,34+,37+,41+,42+/m1/s1. The third-order valence-electron chi connectivity index (χ3n) is 11.4. The normalized spacial score (nSPS) is 29.5. The molecule has 1 aromatic heterocycles. The van der Waals surface area contributed by atoms with Crippen molar-refractivity contribution in [1.29, 1.82) is 0 Å². The summed E-state index contributed by atoms with van der Waals surface area (Å²) in [5, 5.41) is 15.3. The first-order valence-corrected chi connectivity index (χ1v) is 19.3. The Labute approximate surface area is 342 Å². The number of carbonyl (C=O) groups excluding carboxylic acids is 4. The number of aliphatic hydroxyl groups is 1. The Bertz CT molecular complexity index is 2180. The maximum absolute atomic E-state index is 14.3. The fourth-order valence-corrected chi connectivity index (χ4v) is 7.93. The predicted molar refractivity (Wildman–Crippen MR) is 216 cm³/mol. The van der Waals surface area contributed by atoms with Crippen LogP contribution in [0, 0.1) is 5.92 Å². The molecule has 4 bridgehead atoms. The number of fused-ring (bicyclic) bond motifs is 6. The van der Waals surface area contributed by atoms with Crippen molar-refractivity contribution < 1.29 is 48.0 Å². The molecule has 0 unspecified atom stereocenters. The molecule has 2 saturated heterocycles. The molecule has 3 aliphatic rings. The quantitative estimate of drug-likeness (QED) is 0.172. The predicted octanol–water partition coefficient (Wildman–Crippen LogP) is 4.96. The Morgan fingerprint density at radius 2 is 1.91 bits per heavy atom. The van der Waals surface area contributed by atoms with Gasteiger partial charge in [0.05, 0.1) is 30.8 Å². The summed E-state index contributed by atoms with van der Waals surface area (Å²) >= 11 is 6.79. The lowest BCUT2D eigenvalue weighted by Crippen LogP contribution is -2.63. The van der Waals surface area contributed by atoms with Crippen LogP contribution >= 0.6 is 11.6 Å². The minimum Gasteiger partial charge on any atom is -0.495 e. The number of allylic oxidation sites excluding steroid dienone is 3. The van der Waals surface area contributed by atoms with E-state index in [1.165, 1.54) is 38.0 Å². The number of likely N-dealkylation sites (N-methyl/N-ethyl adjacent to an activating group) is 1. The van der Waals surface area contributed by atoms with Gasteiger partial charge in [0.15, 0.2) is 5.72 Å². The zero-order valence-corrected chi connectivity index (χ0v) is 34.5. The number of nitrogen functional groups attached to an aromatic ring is 1. The first-order chi connectivity index (χ1) is 27.4. The van der Waals surface area contributed by atoms with E-state index in [4.69, 9.17) is 41.0 Å². The number of pyridine rings is 1. The fraction of sp³-hybridized carbons (Fsp3) is 0.452. The van der Waals surface area contributed by atoms with Gasteiger partial charge in [-0.15, -0.1) is 0 Å². The van der Waals surface area contributed by atoms with Gasteiger partial charge in [0.25, 0.3) is 5.91 Å². The Morgan fingerprint density at radius 1 is 1.17 bits per heavy atom. The molecule has 0 aliphatic carbocycles. The maximum atomic E-state index is 14.3. The summed E-state index contributed by atoms with van der Waals surface area (Å²) in [6.07, 6.45) is 0.680. The number of ether oxygens (including phenoxy) is 5. The number of amides is 3. The van der Waals surface area contributed by atoms with Crippen molar-refractivity contribution >= 4 is 57.8 Å². The SMILES string of the molecule is COc1cc2cc(c1Cl)N(C)C(=O)C[C@H](OC(=O)[C@H](C)N(C)C(=O)c1ccc3cc(N)ccc3n1)[C@]1(C)O[C@H]1[C@H](C)[C@@H]1C[C@@](O)(NC(=O)O1)[C@H](OC)/C=C/C=C(\C)C2. The third-order valence-corrected chi connectivity index (χ3v) is 11.8. The number of hydrogen-bond donors (Lipinski definition) is 3. The smallest absolute Gasteiger partial charge is 0.409 e. The molecule has 2 fully saturated rings. The van der Waals surface area contributed by atoms with E-state index in [2.05, 4.69) is 10.3 Å². The van der Waals surface area contributed by atoms with Crippen molar-refractivity contribution in [1.82, 2.24) is 15.2 Å². The zero-order valence-electron chi connectivity index (χ0n) is 33.8. The summed E-state index contributed by atoms with van der Waals surface area (Å²) in [5.41, 5.74) is 6.08. The second-order valence-electron chi connectivity index (χ2n) is 15.5. The molecule has 2 aromatic carbocycles. The summed E-state index contributed by atoms with van der Waals surface area (Å²) in [5.74, 6) is -1.99. The van der Waals surface area contributed by atoms with Gasteiger partial charge in [-0.25, -0.2) is 14.6 Å². The van der Waals surface area contributed by atoms with E-state index in [1.54, 1.807) is 75.5 Å². The zero-order chi connectivity index (χ0) is 42.3. The van der Waals surface area contributed by atoms with Crippen LogP contribution in [0.4, 0.5) is 16.2 Å². The minimum atomic E-state index is -1.85. The number of benzene rings is 2. The van der Waals surface area contributed by atoms with Crippen LogP contribution in [0.2, 0.25) is 5.02 Å². The summed E-state index contributed by atoms with van der Waals surface area (Å²) in [4.78, 5) is 61.9. The van der Waals surface area contributed by atoms with Crippen LogP contribution in [0.1, 0.15) is 56.6 Å². The first-order valence-electron chi connectivity index (χ1n) is 18.9. The lowest BCUT2D eigenvalue weighted by atomic mass is 9.83. The Balaban J connectivity index is 1.34. The molecular formula is C42H50ClN5O10. The topological polar surface area (TPSA) is 195 Å². The van der Waals surface area contributed by atoms with Crippen molar-refractivity contribution in [2.45, 2.75) is 88.7 Å². The van der Waals surface area contributed by atoms with Crippen LogP contribution < -0.4 is 20.7 Å². The lowest BCUT2D eigenvalue weighted by molar-refractivity contribution is -0.158. The van der Waals surface area contributed by atoms with Crippen LogP contribution in [0.25, 0.3) is 10.9 Å². The van der Waals surface area contributed by atoms with Crippen molar-refractivity contribution in [3.05, 3.63) is 82.5 Å². The highest BCUT2D eigenvalue weighted by Gasteiger charge is 2.64. The van der Waals surface area contributed by atoms with Crippen LogP contribution in [0.15, 0.2) is 66.3 Å². The number of nitrogens with zero attached hydrogens (tertiary/aromatic N) is 3. The number of alkyl carbamates (subject to hydrolysis) is 1. The summed E-state index contributed by atoms with van der Waals surface area (Å²) in [7, 11) is 5.93. The van der Waals surface area contributed by atoms with E-state index in [0.29, 0.717) is 29.1 Å². The lowest BCUT2D eigenvalue weighted by Gasteiger charge is -2.42. The molecule has 0 radical (unpaired) electrons. The van der Waals surface area contributed by atoms with Gasteiger partial charge >= 0.3 is 12.1 Å². The number of nitrogens with two attached hydrogens (primary N) is 1. The second-order valence-corrected chi connectivity index (χ2v) is 15.8. The average Bonchev–Trinajstić information content (AvgIpc) is 3.89. The van der Waals surface area contributed by atoms with Crippen molar-refractivity contribution in [2.24, 2.45) is 5.92 Å². The van der Waals surface area contributed by atoms with E-state index in [0.717, 1.165) is 16.5 Å².